The number of nitrogens with one attached hydrogen (secondary N) is 1. The maximum atomic E-state index is 8.90. The molecule has 0 bridgehead atoms. The topological polar surface area (TPSA) is 39.3 Å². The first-order valence-corrected chi connectivity index (χ1v) is 8.18. The molecule has 1 aliphatic rings. The van der Waals surface area contributed by atoms with Crippen LogP contribution in [-0.2, 0) is 12.8 Å². The van der Waals surface area contributed by atoms with Gasteiger partial charge in [-0.1, -0.05) is 6.07 Å². The molecule has 2 N–H and O–H groups in total. The second kappa shape index (κ2) is 6.63. The van der Waals surface area contributed by atoms with Crippen molar-refractivity contribution in [3.63, 3.8) is 0 Å². The van der Waals surface area contributed by atoms with Crippen molar-refractivity contribution in [1.82, 2.24) is 9.88 Å². The van der Waals surface area contributed by atoms with Gasteiger partial charge in [-0.05, 0) is 75.4 Å². The molecule has 1 atom stereocenters. The van der Waals surface area contributed by atoms with Gasteiger partial charge in [0.1, 0.15) is 0 Å². The lowest BCUT2D eigenvalue weighted by Gasteiger charge is -2.18. The lowest BCUT2D eigenvalue weighted by Crippen LogP contribution is -2.26. The Bertz CT molecular complexity index is 590. The number of hydrogen-bond donors (Lipinski definition) is 2. The summed E-state index contributed by atoms with van der Waals surface area (Å²) in [5, 5.41) is 10.3. The Morgan fingerprint density at radius 1 is 1.33 bits per heavy atom. The molecular formula is C18H26N2O. The number of nitrogens with zero attached hydrogens (tertiary/aromatic N) is 1. The molecule has 0 saturated carbocycles. The molecule has 1 aromatic heterocycles. The summed E-state index contributed by atoms with van der Waals surface area (Å²) < 4.78 is 0. The Morgan fingerprint density at radius 2 is 2.24 bits per heavy atom. The molecule has 1 fully saturated rings. The maximum Gasteiger partial charge on any atom is 0.0456 e. The van der Waals surface area contributed by atoms with Gasteiger partial charge in [-0.3, -0.25) is 0 Å². The number of aromatic nitrogens is 1. The molecule has 3 rings (SSSR count). The SMILES string of the molecule is CN1CCC[C@@H]1Cc1c[nH]c2ccc(CCCCO)cc12. The Hall–Kier alpha value is -1.32. The van der Waals surface area contributed by atoms with Crippen molar-refractivity contribution < 1.29 is 5.11 Å². The van der Waals surface area contributed by atoms with E-state index in [-0.39, 0.29) is 0 Å². The normalized spacial score (nSPS) is 19.6. The van der Waals surface area contributed by atoms with E-state index >= 15 is 0 Å². The van der Waals surface area contributed by atoms with E-state index in [0.29, 0.717) is 12.6 Å². The van der Waals surface area contributed by atoms with Crippen LogP contribution in [0.5, 0.6) is 0 Å². The van der Waals surface area contributed by atoms with E-state index in [9.17, 15) is 0 Å². The van der Waals surface area contributed by atoms with Crippen LogP contribution in [0.4, 0.5) is 0 Å². The quantitative estimate of drug-likeness (QED) is 0.801. The molecule has 0 amide bonds. The fourth-order valence-electron chi connectivity index (χ4n) is 3.48. The zero-order chi connectivity index (χ0) is 14.7. The summed E-state index contributed by atoms with van der Waals surface area (Å²) in [7, 11) is 2.24. The first-order chi connectivity index (χ1) is 10.3. The van der Waals surface area contributed by atoms with Crippen LogP contribution in [0.15, 0.2) is 24.4 Å². The molecule has 1 aromatic carbocycles. The molecule has 2 heterocycles. The van der Waals surface area contributed by atoms with Crippen LogP contribution in [0, 0.1) is 0 Å². The summed E-state index contributed by atoms with van der Waals surface area (Å²) in [5.74, 6) is 0. The number of aryl methyl sites for hydroxylation is 1. The molecule has 114 valence electrons. The average Bonchev–Trinajstić information content (AvgIpc) is 3.07. The van der Waals surface area contributed by atoms with E-state index in [1.165, 1.54) is 41.4 Å². The number of likely N-dealkylation sites (tertiary alicyclic amines) is 1. The third-order valence-corrected chi connectivity index (χ3v) is 4.83. The zero-order valence-electron chi connectivity index (χ0n) is 12.9. The van der Waals surface area contributed by atoms with Gasteiger partial charge < -0.3 is 15.0 Å². The first-order valence-electron chi connectivity index (χ1n) is 8.18. The fourth-order valence-corrected chi connectivity index (χ4v) is 3.48. The molecule has 0 unspecified atom stereocenters. The zero-order valence-corrected chi connectivity index (χ0v) is 12.9. The number of benzene rings is 1. The van der Waals surface area contributed by atoms with Gasteiger partial charge in [-0.25, -0.2) is 0 Å². The minimum absolute atomic E-state index is 0.297. The van der Waals surface area contributed by atoms with Crippen molar-refractivity contribution in [3.05, 3.63) is 35.5 Å². The largest absolute Gasteiger partial charge is 0.396 e. The van der Waals surface area contributed by atoms with Crippen LogP contribution in [-0.4, -0.2) is 41.2 Å². The summed E-state index contributed by atoms with van der Waals surface area (Å²) in [6, 6.07) is 7.45. The van der Waals surface area contributed by atoms with E-state index in [1.807, 2.05) is 0 Å². The van der Waals surface area contributed by atoms with Crippen LogP contribution < -0.4 is 0 Å². The Morgan fingerprint density at radius 3 is 3.00 bits per heavy atom. The summed E-state index contributed by atoms with van der Waals surface area (Å²) in [5.41, 5.74) is 4.08. The fraction of sp³-hybridized carbons (Fsp3) is 0.556. The number of unbranched alkanes of at least 4 members (excludes halogenated alkanes) is 1. The number of likely N-dealkylation sites (N-methyl/N-ethyl adjacent to an activating group) is 1. The third-order valence-electron chi connectivity index (χ3n) is 4.83. The van der Waals surface area contributed by atoms with Crippen molar-refractivity contribution in [2.45, 2.75) is 44.6 Å². The van der Waals surface area contributed by atoms with Crippen LogP contribution >= 0.6 is 0 Å². The van der Waals surface area contributed by atoms with E-state index in [0.717, 1.165) is 25.7 Å². The number of aromatic amines is 1. The summed E-state index contributed by atoms with van der Waals surface area (Å²) in [4.78, 5) is 5.90. The Balaban J connectivity index is 1.77. The first kappa shape index (κ1) is 14.6. The second-order valence-corrected chi connectivity index (χ2v) is 6.36. The molecule has 21 heavy (non-hydrogen) atoms. The lowest BCUT2D eigenvalue weighted by atomic mass is 10.0. The molecule has 2 aromatic rings. The average molecular weight is 286 g/mol. The Kier molecular flexibility index (Phi) is 4.61. The molecule has 1 saturated heterocycles. The standard InChI is InChI=1S/C18H26N2O/c1-20-9-4-6-16(20)12-15-13-19-18-8-7-14(11-17(15)18)5-2-3-10-21/h7-8,11,13,16,19,21H,2-6,9-10,12H2,1H3/t16-/m1/s1. The second-order valence-electron chi connectivity index (χ2n) is 6.36. The van der Waals surface area contributed by atoms with Gasteiger partial charge in [0.15, 0.2) is 0 Å². The van der Waals surface area contributed by atoms with E-state index < -0.39 is 0 Å². The van der Waals surface area contributed by atoms with Crippen LogP contribution in [0.25, 0.3) is 10.9 Å². The van der Waals surface area contributed by atoms with Crippen LogP contribution in [0.1, 0.15) is 36.8 Å². The van der Waals surface area contributed by atoms with E-state index in [1.54, 1.807) is 0 Å². The van der Waals surface area contributed by atoms with Crippen molar-refractivity contribution in [2.75, 3.05) is 20.2 Å². The van der Waals surface area contributed by atoms with E-state index in [2.05, 4.69) is 41.3 Å². The highest BCUT2D eigenvalue weighted by atomic mass is 16.2. The molecule has 3 nitrogen and oxygen atoms in total. The van der Waals surface area contributed by atoms with Crippen molar-refractivity contribution in [3.8, 4) is 0 Å². The number of rotatable bonds is 6. The van der Waals surface area contributed by atoms with Crippen LogP contribution in [0.3, 0.4) is 0 Å². The molecule has 1 aliphatic heterocycles. The van der Waals surface area contributed by atoms with Crippen molar-refractivity contribution in [2.24, 2.45) is 0 Å². The van der Waals surface area contributed by atoms with E-state index in [4.69, 9.17) is 5.11 Å². The number of H-pyrrole nitrogens is 1. The van der Waals surface area contributed by atoms with Gasteiger partial charge in [-0.2, -0.15) is 0 Å². The van der Waals surface area contributed by atoms with Gasteiger partial charge in [0.25, 0.3) is 0 Å². The monoisotopic (exact) mass is 286 g/mol. The van der Waals surface area contributed by atoms with Gasteiger partial charge >= 0.3 is 0 Å². The van der Waals surface area contributed by atoms with Gasteiger partial charge in [-0.15, -0.1) is 0 Å². The molecule has 0 radical (unpaired) electrons. The minimum Gasteiger partial charge on any atom is -0.396 e. The summed E-state index contributed by atoms with van der Waals surface area (Å²) in [6.07, 6.45) is 9.00. The number of aliphatic hydroxyl groups is 1. The third kappa shape index (κ3) is 3.30. The summed E-state index contributed by atoms with van der Waals surface area (Å²) in [6.45, 7) is 1.53. The number of hydrogen-bond acceptors (Lipinski definition) is 2. The molecule has 0 spiro atoms. The molecule has 3 heteroatoms. The molecular weight excluding hydrogens is 260 g/mol. The minimum atomic E-state index is 0.297. The Labute approximate surface area is 127 Å². The smallest absolute Gasteiger partial charge is 0.0456 e. The lowest BCUT2D eigenvalue weighted by molar-refractivity contribution is 0.284. The highest BCUT2D eigenvalue weighted by Gasteiger charge is 2.22. The van der Waals surface area contributed by atoms with Gasteiger partial charge in [0.2, 0.25) is 0 Å². The van der Waals surface area contributed by atoms with Crippen molar-refractivity contribution >= 4 is 10.9 Å². The molecule has 0 aliphatic carbocycles. The highest BCUT2D eigenvalue weighted by molar-refractivity contribution is 5.84. The highest BCUT2D eigenvalue weighted by Crippen LogP contribution is 2.26. The van der Waals surface area contributed by atoms with Crippen LogP contribution in [0.2, 0.25) is 0 Å². The predicted molar refractivity (Wildman–Crippen MR) is 87.7 cm³/mol. The van der Waals surface area contributed by atoms with Crippen molar-refractivity contribution in [1.29, 1.82) is 0 Å². The predicted octanol–water partition coefficient (Wildman–Crippen LogP) is 3.12. The number of fused-ring (bicyclic) bond motifs is 1. The maximum absolute atomic E-state index is 8.90. The van der Waals surface area contributed by atoms with Gasteiger partial charge in [0, 0.05) is 29.7 Å². The summed E-state index contributed by atoms with van der Waals surface area (Å²) >= 11 is 0. The number of aliphatic hydroxyl groups excluding tert-OH is 1. The van der Waals surface area contributed by atoms with Gasteiger partial charge in [0.05, 0.1) is 0 Å².